The zero-order valence-corrected chi connectivity index (χ0v) is 25.8. The fourth-order valence-electron chi connectivity index (χ4n) is 6.17. The highest BCUT2D eigenvalue weighted by Gasteiger charge is 2.24. The largest absolute Gasteiger partial charge is 0.379 e. The SMILES string of the molecule is Cc1ccc(-n2nc(C(C)(C)C)cc2NC(=O)Nc2ccc(C3=CC(N4CCOCC4)CCCC3)c3ccccc23)cc1. The fraction of sp³-hybridized carbons (Fsp3) is 0.389. The van der Waals surface area contributed by atoms with Crippen LogP contribution in [0.3, 0.4) is 0 Å². The minimum atomic E-state index is -0.298. The van der Waals surface area contributed by atoms with Crippen molar-refractivity contribution in [3.63, 3.8) is 0 Å². The van der Waals surface area contributed by atoms with Gasteiger partial charge in [0.1, 0.15) is 5.82 Å². The van der Waals surface area contributed by atoms with Gasteiger partial charge in [0.2, 0.25) is 0 Å². The Labute approximate surface area is 254 Å². The number of hydrogen-bond acceptors (Lipinski definition) is 4. The van der Waals surface area contributed by atoms with Gasteiger partial charge in [-0.15, -0.1) is 0 Å². The molecule has 1 saturated heterocycles. The van der Waals surface area contributed by atoms with E-state index < -0.39 is 0 Å². The molecule has 0 radical (unpaired) electrons. The number of hydrogen-bond donors (Lipinski definition) is 2. The molecule has 3 aromatic carbocycles. The monoisotopic (exact) mass is 577 g/mol. The first-order valence-electron chi connectivity index (χ1n) is 15.6. The molecule has 224 valence electrons. The van der Waals surface area contributed by atoms with Crippen LogP contribution in [0.5, 0.6) is 0 Å². The Hall–Kier alpha value is -3.94. The number of fused-ring (bicyclic) bond motifs is 1. The number of nitrogens with one attached hydrogen (secondary N) is 2. The van der Waals surface area contributed by atoms with E-state index in [1.165, 1.54) is 36.0 Å². The minimum Gasteiger partial charge on any atom is -0.379 e. The van der Waals surface area contributed by atoms with E-state index in [4.69, 9.17) is 9.84 Å². The number of anilines is 2. The van der Waals surface area contributed by atoms with Gasteiger partial charge >= 0.3 is 6.03 Å². The van der Waals surface area contributed by atoms with Crippen molar-refractivity contribution in [1.82, 2.24) is 14.7 Å². The second-order valence-corrected chi connectivity index (χ2v) is 12.9. The number of benzene rings is 3. The molecule has 0 spiro atoms. The van der Waals surface area contributed by atoms with E-state index in [-0.39, 0.29) is 11.4 Å². The van der Waals surface area contributed by atoms with Crippen LogP contribution in [-0.2, 0) is 10.2 Å². The van der Waals surface area contributed by atoms with Gasteiger partial charge in [-0.2, -0.15) is 5.10 Å². The lowest BCUT2D eigenvalue weighted by Crippen LogP contribution is -2.42. The van der Waals surface area contributed by atoms with Crippen molar-refractivity contribution in [1.29, 1.82) is 0 Å². The summed E-state index contributed by atoms with van der Waals surface area (Å²) in [7, 11) is 0. The average Bonchev–Trinajstić information content (AvgIpc) is 3.27. The highest BCUT2D eigenvalue weighted by molar-refractivity contribution is 6.08. The van der Waals surface area contributed by atoms with Gasteiger partial charge in [-0.25, -0.2) is 9.48 Å². The predicted octanol–water partition coefficient (Wildman–Crippen LogP) is 7.93. The number of carbonyl (C=O) groups excluding carboxylic acids is 1. The van der Waals surface area contributed by atoms with Crippen molar-refractivity contribution in [3.8, 4) is 5.69 Å². The van der Waals surface area contributed by atoms with E-state index in [0.29, 0.717) is 11.9 Å². The molecule has 1 aromatic heterocycles. The first kappa shape index (κ1) is 29.1. The van der Waals surface area contributed by atoms with Crippen molar-refractivity contribution in [2.75, 3.05) is 36.9 Å². The zero-order chi connectivity index (χ0) is 30.0. The van der Waals surface area contributed by atoms with Crippen molar-refractivity contribution < 1.29 is 9.53 Å². The number of morpholine rings is 1. The van der Waals surface area contributed by atoms with Crippen LogP contribution in [0.25, 0.3) is 22.0 Å². The molecule has 2 aliphatic rings. The summed E-state index contributed by atoms with van der Waals surface area (Å²) in [5, 5.41) is 13.3. The van der Waals surface area contributed by atoms with Crippen LogP contribution in [-0.4, -0.2) is 53.1 Å². The van der Waals surface area contributed by atoms with Gasteiger partial charge in [0.05, 0.1) is 30.3 Å². The number of aryl methyl sites for hydroxylation is 1. The number of rotatable bonds is 5. The van der Waals surface area contributed by atoms with Crippen molar-refractivity contribution >= 4 is 33.9 Å². The van der Waals surface area contributed by atoms with Crippen molar-refractivity contribution in [3.05, 3.63) is 89.6 Å². The van der Waals surface area contributed by atoms with Gasteiger partial charge in [-0.05, 0) is 60.9 Å². The number of ether oxygens (including phenoxy) is 1. The van der Waals surface area contributed by atoms with E-state index in [1.54, 1.807) is 0 Å². The maximum atomic E-state index is 13.5. The zero-order valence-electron chi connectivity index (χ0n) is 25.8. The van der Waals surface area contributed by atoms with E-state index >= 15 is 0 Å². The van der Waals surface area contributed by atoms with E-state index in [9.17, 15) is 4.79 Å². The van der Waals surface area contributed by atoms with E-state index in [1.807, 2.05) is 35.0 Å². The molecule has 7 nitrogen and oxygen atoms in total. The predicted molar refractivity (Wildman–Crippen MR) is 176 cm³/mol. The Morgan fingerprint density at radius 2 is 1.67 bits per heavy atom. The van der Waals surface area contributed by atoms with Gasteiger partial charge < -0.3 is 10.1 Å². The Balaban J connectivity index is 1.28. The Kier molecular flexibility index (Phi) is 8.37. The third-order valence-corrected chi connectivity index (χ3v) is 8.62. The Morgan fingerprint density at radius 3 is 2.42 bits per heavy atom. The topological polar surface area (TPSA) is 71.4 Å². The summed E-state index contributed by atoms with van der Waals surface area (Å²) in [5.74, 6) is 0.630. The summed E-state index contributed by atoms with van der Waals surface area (Å²) in [6.07, 6.45) is 7.18. The van der Waals surface area contributed by atoms with Crippen LogP contribution in [0, 0.1) is 6.92 Å². The summed E-state index contributed by atoms with van der Waals surface area (Å²) in [6.45, 7) is 12.0. The van der Waals surface area contributed by atoms with Crippen LogP contribution in [0.4, 0.5) is 16.3 Å². The highest BCUT2D eigenvalue weighted by Crippen LogP contribution is 2.36. The maximum absolute atomic E-state index is 13.5. The van der Waals surface area contributed by atoms with Crippen molar-refractivity contribution in [2.24, 2.45) is 0 Å². The summed E-state index contributed by atoms with van der Waals surface area (Å²) in [4.78, 5) is 16.1. The quantitative estimate of drug-likeness (QED) is 0.253. The molecule has 1 fully saturated rings. The molecule has 2 heterocycles. The molecule has 1 atom stereocenters. The molecule has 1 unspecified atom stereocenters. The number of aromatic nitrogens is 2. The van der Waals surface area contributed by atoms with Gasteiger partial charge in [0.15, 0.2) is 0 Å². The molecule has 0 bridgehead atoms. The third-order valence-electron chi connectivity index (χ3n) is 8.62. The first-order valence-corrected chi connectivity index (χ1v) is 15.6. The summed E-state index contributed by atoms with van der Waals surface area (Å²) < 4.78 is 7.43. The van der Waals surface area contributed by atoms with Crippen LogP contribution < -0.4 is 10.6 Å². The molecule has 2 amide bonds. The number of carbonyl (C=O) groups is 1. The smallest absolute Gasteiger partial charge is 0.324 e. The van der Waals surface area contributed by atoms with Crippen LogP contribution in [0.15, 0.2) is 72.8 Å². The summed E-state index contributed by atoms with van der Waals surface area (Å²) >= 11 is 0. The first-order chi connectivity index (χ1) is 20.8. The number of allylic oxidation sites excluding steroid dienone is 1. The molecular formula is C36H43N5O2. The molecule has 1 aliphatic heterocycles. The van der Waals surface area contributed by atoms with Crippen LogP contribution in [0.1, 0.15) is 63.3 Å². The Bertz CT molecular complexity index is 1620. The molecule has 7 heteroatoms. The van der Waals surface area contributed by atoms with Crippen LogP contribution in [0.2, 0.25) is 0 Å². The second kappa shape index (κ2) is 12.3. The lowest BCUT2D eigenvalue weighted by atomic mass is 9.92. The average molecular weight is 578 g/mol. The lowest BCUT2D eigenvalue weighted by Gasteiger charge is -2.32. The van der Waals surface area contributed by atoms with Gasteiger partial charge in [-0.1, -0.05) is 81.3 Å². The number of urea groups is 1. The van der Waals surface area contributed by atoms with Gasteiger partial charge in [-0.3, -0.25) is 10.2 Å². The molecular weight excluding hydrogens is 534 g/mol. The van der Waals surface area contributed by atoms with Crippen molar-refractivity contribution in [2.45, 2.75) is 64.8 Å². The summed E-state index contributed by atoms with van der Waals surface area (Å²) in [5.41, 5.74) is 6.26. The highest BCUT2D eigenvalue weighted by atomic mass is 16.5. The van der Waals surface area contributed by atoms with Gasteiger partial charge in [0.25, 0.3) is 0 Å². The molecule has 6 rings (SSSR count). The molecule has 43 heavy (non-hydrogen) atoms. The van der Waals surface area contributed by atoms with E-state index in [0.717, 1.165) is 60.6 Å². The number of amides is 2. The second-order valence-electron chi connectivity index (χ2n) is 12.9. The minimum absolute atomic E-state index is 0.164. The Morgan fingerprint density at radius 1 is 0.930 bits per heavy atom. The normalized spacial score (nSPS) is 18.2. The number of nitrogens with zero attached hydrogens (tertiary/aromatic N) is 3. The maximum Gasteiger partial charge on any atom is 0.324 e. The van der Waals surface area contributed by atoms with E-state index in [2.05, 4.69) is 85.7 Å². The van der Waals surface area contributed by atoms with Gasteiger partial charge in [0, 0.05) is 36.0 Å². The molecule has 2 N–H and O–H groups in total. The van der Waals surface area contributed by atoms with Crippen LogP contribution >= 0.6 is 0 Å². The standard InChI is InChI=1S/C36H43N5O2/c1-25-13-15-27(16-14-25)41-34(24-33(39-41)36(2,3)4)38-35(42)37-32-18-17-29(30-11-7-8-12-31(30)32)26-9-5-6-10-28(23-26)40-19-21-43-22-20-40/h7-8,11-18,23-24,28H,5-6,9-10,19-22H2,1-4H3,(H2,37,38,42). The fourth-order valence-corrected chi connectivity index (χ4v) is 6.17. The third kappa shape index (κ3) is 6.53. The molecule has 0 saturated carbocycles. The molecule has 1 aliphatic carbocycles. The summed E-state index contributed by atoms with van der Waals surface area (Å²) in [6, 6.07) is 22.9. The molecule has 4 aromatic rings. The lowest BCUT2D eigenvalue weighted by molar-refractivity contribution is 0.0242.